The molecule has 0 aliphatic rings. The van der Waals surface area contributed by atoms with Crippen LogP contribution in [0.3, 0.4) is 0 Å². The first-order valence-electron chi connectivity index (χ1n) is 10.5. The Morgan fingerprint density at radius 2 is 1.52 bits per heavy atom. The summed E-state index contributed by atoms with van der Waals surface area (Å²) in [4.78, 5) is 23.6. The Morgan fingerprint density at radius 1 is 0.903 bits per heavy atom. The van der Waals surface area contributed by atoms with Crippen molar-refractivity contribution in [3.05, 3.63) is 84.4 Å². The lowest BCUT2D eigenvalue weighted by atomic mass is 10.0. The van der Waals surface area contributed by atoms with Gasteiger partial charge in [-0.2, -0.15) is 0 Å². The van der Waals surface area contributed by atoms with Crippen molar-refractivity contribution in [2.45, 2.75) is 27.3 Å². The summed E-state index contributed by atoms with van der Waals surface area (Å²) in [6.07, 6.45) is 0.701. The van der Waals surface area contributed by atoms with Crippen LogP contribution in [0.1, 0.15) is 26.3 Å². The predicted molar refractivity (Wildman–Crippen MR) is 129 cm³/mol. The van der Waals surface area contributed by atoms with Gasteiger partial charge in [-0.3, -0.25) is 9.59 Å². The van der Waals surface area contributed by atoms with Gasteiger partial charge in [-0.25, -0.2) is 0 Å². The zero-order valence-electron chi connectivity index (χ0n) is 18.5. The van der Waals surface area contributed by atoms with Crippen LogP contribution in [0.4, 0.5) is 11.4 Å². The van der Waals surface area contributed by atoms with E-state index in [1.165, 1.54) is 12.6 Å². The summed E-state index contributed by atoms with van der Waals surface area (Å²) >= 11 is 0. The summed E-state index contributed by atoms with van der Waals surface area (Å²) in [7, 11) is 0. The van der Waals surface area contributed by atoms with Crippen molar-refractivity contribution in [3.63, 3.8) is 0 Å². The minimum Gasteiger partial charge on any atom is -0.372 e. The Labute approximate surface area is 185 Å². The van der Waals surface area contributed by atoms with Gasteiger partial charge in [0.15, 0.2) is 0 Å². The molecule has 3 aromatic rings. The number of carbonyl (C=O) groups excluding carboxylic acids is 2. The summed E-state index contributed by atoms with van der Waals surface area (Å²) in [6.45, 7) is 8.37. The SMILES string of the molecule is CCN(CC)c1ccc(NC(C)=O)c(-c2ccccc2)c1.O=CNCc1ccccc1. The number of benzene rings is 3. The fraction of sp³-hybridized carbons (Fsp3) is 0.231. The smallest absolute Gasteiger partial charge is 0.221 e. The van der Waals surface area contributed by atoms with Gasteiger partial charge in [0.1, 0.15) is 0 Å². The molecule has 0 aromatic heterocycles. The van der Waals surface area contributed by atoms with Gasteiger partial charge in [0.25, 0.3) is 0 Å². The van der Waals surface area contributed by atoms with Crippen molar-refractivity contribution in [2.24, 2.45) is 0 Å². The van der Waals surface area contributed by atoms with E-state index in [1.807, 2.05) is 54.6 Å². The Bertz CT molecular complexity index is 939. The second-order valence-electron chi connectivity index (χ2n) is 6.93. The first-order valence-corrected chi connectivity index (χ1v) is 10.5. The summed E-state index contributed by atoms with van der Waals surface area (Å²) in [5, 5.41) is 5.50. The van der Waals surface area contributed by atoms with Gasteiger partial charge >= 0.3 is 0 Å². The van der Waals surface area contributed by atoms with Gasteiger partial charge in [-0.05, 0) is 43.2 Å². The third-order valence-corrected chi connectivity index (χ3v) is 4.76. The molecule has 5 heteroatoms. The lowest BCUT2D eigenvalue weighted by Gasteiger charge is -2.23. The fourth-order valence-electron chi connectivity index (χ4n) is 3.23. The molecule has 5 nitrogen and oxygen atoms in total. The predicted octanol–water partition coefficient (Wildman–Crippen LogP) is 5.09. The highest BCUT2D eigenvalue weighted by Gasteiger charge is 2.10. The monoisotopic (exact) mass is 417 g/mol. The molecule has 0 radical (unpaired) electrons. The lowest BCUT2D eigenvalue weighted by Crippen LogP contribution is -2.21. The molecule has 0 aliphatic heterocycles. The minimum absolute atomic E-state index is 0.0530. The summed E-state index contributed by atoms with van der Waals surface area (Å²) < 4.78 is 0. The minimum atomic E-state index is -0.0530. The molecule has 2 amide bonds. The normalized spacial score (nSPS) is 9.77. The van der Waals surface area contributed by atoms with Gasteiger partial charge in [0, 0.05) is 43.5 Å². The van der Waals surface area contributed by atoms with Crippen LogP contribution in [0, 0.1) is 0 Å². The number of nitrogens with zero attached hydrogens (tertiary/aromatic N) is 1. The van der Waals surface area contributed by atoms with E-state index < -0.39 is 0 Å². The average molecular weight is 418 g/mol. The van der Waals surface area contributed by atoms with Gasteiger partial charge in [-0.1, -0.05) is 60.7 Å². The molecule has 0 unspecified atom stereocenters. The molecule has 3 rings (SSSR count). The molecular formula is C26H31N3O2. The molecule has 0 saturated heterocycles. The van der Waals surface area contributed by atoms with E-state index in [1.54, 1.807) is 0 Å². The highest BCUT2D eigenvalue weighted by Crippen LogP contribution is 2.32. The molecule has 3 aromatic carbocycles. The maximum absolute atomic E-state index is 11.4. The van der Waals surface area contributed by atoms with Crippen molar-refractivity contribution in [2.75, 3.05) is 23.3 Å². The molecule has 0 heterocycles. The maximum Gasteiger partial charge on any atom is 0.221 e. The van der Waals surface area contributed by atoms with Crippen molar-refractivity contribution in [1.82, 2.24) is 5.32 Å². The Balaban J connectivity index is 0.000000285. The van der Waals surface area contributed by atoms with E-state index in [-0.39, 0.29) is 5.91 Å². The van der Waals surface area contributed by atoms with E-state index in [0.717, 1.165) is 35.5 Å². The van der Waals surface area contributed by atoms with Crippen LogP contribution >= 0.6 is 0 Å². The van der Waals surface area contributed by atoms with Gasteiger partial charge in [0.2, 0.25) is 12.3 Å². The van der Waals surface area contributed by atoms with Gasteiger partial charge < -0.3 is 15.5 Å². The zero-order chi connectivity index (χ0) is 22.5. The Kier molecular flexibility index (Phi) is 9.82. The second kappa shape index (κ2) is 12.9. The standard InChI is InChI=1S/C18H22N2O.C8H9NO/c1-4-20(5-2)16-11-12-18(19-14(3)21)17(13-16)15-9-7-6-8-10-15;10-7-9-6-8-4-2-1-3-5-8/h6-13H,4-5H2,1-3H3,(H,19,21);1-5,7H,6H2,(H,9,10). The summed E-state index contributed by atoms with van der Waals surface area (Å²) in [5.41, 5.74) is 5.30. The molecule has 0 fully saturated rings. The maximum atomic E-state index is 11.4. The van der Waals surface area contributed by atoms with Crippen LogP contribution < -0.4 is 15.5 Å². The highest BCUT2D eigenvalue weighted by molar-refractivity contribution is 5.95. The van der Waals surface area contributed by atoms with Gasteiger partial charge in [0.05, 0.1) is 0 Å². The molecule has 0 aliphatic carbocycles. The van der Waals surface area contributed by atoms with E-state index in [4.69, 9.17) is 0 Å². The molecule has 0 spiro atoms. The number of amides is 2. The molecule has 0 bridgehead atoms. The van der Waals surface area contributed by atoms with Gasteiger partial charge in [-0.15, -0.1) is 0 Å². The van der Waals surface area contributed by atoms with Crippen LogP contribution in [0.2, 0.25) is 0 Å². The number of carbonyl (C=O) groups is 2. The quantitative estimate of drug-likeness (QED) is 0.502. The topological polar surface area (TPSA) is 61.4 Å². The molecule has 2 N–H and O–H groups in total. The summed E-state index contributed by atoms with van der Waals surface area (Å²) in [5.74, 6) is -0.0530. The van der Waals surface area contributed by atoms with Crippen molar-refractivity contribution in [3.8, 4) is 11.1 Å². The zero-order valence-corrected chi connectivity index (χ0v) is 18.5. The van der Waals surface area contributed by atoms with E-state index >= 15 is 0 Å². The molecule has 0 atom stereocenters. The number of nitrogens with one attached hydrogen (secondary N) is 2. The highest BCUT2D eigenvalue weighted by atomic mass is 16.1. The van der Waals surface area contributed by atoms with E-state index in [9.17, 15) is 9.59 Å². The Hall–Kier alpha value is -3.60. The number of hydrogen-bond donors (Lipinski definition) is 2. The largest absolute Gasteiger partial charge is 0.372 e. The first kappa shape index (κ1) is 23.7. The van der Waals surface area contributed by atoms with E-state index in [0.29, 0.717) is 13.0 Å². The third-order valence-electron chi connectivity index (χ3n) is 4.76. The molecular weight excluding hydrogens is 386 g/mol. The Morgan fingerprint density at radius 3 is 2.06 bits per heavy atom. The fourth-order valence-corrected chi connectivity index (χ4v) is 3.23. The van der Waals surface area contributed by atoms with Crippen molar-refractivity contribution in [1.29, 1.82) is 0 Å². The number of rotatable bonds is 8. The van der Waals surface area contributed by atoms with Crippen molar-refractivity contribution < 1.29 is 9.59 Å². The average Bonchev–Trinajstić information content (AvgIpc) is 2.80. The van der Waals surface area contributed by atoms with Crippen LogP contribution in [-0.4, -0.2) is 25.4 Å². The van der Waals surface area contributed by atoms with Crippen molar-refractivity contribution >= 4 is 23.7 Å². The molecule has 31 heavy (non-hydrogen) atoms. The molecule has 0 saturated carbocycles. The number of hydrogen-bond acceptors (Lipinski definition) is 3. The summed E-state index contributed by atoms with van der Waals surface area (Å²) in [6, 6.07) is 26.1. The van der Waals surface area contributed by atoms with Crippen LogP contribution in [0.5, 0.6) is 0 Å². The van der Waals surface area contributed by atoms with E-state index in [2.05, 4.69) is 53.6 Å². The third kappa shape index (κ3) is 7.63. The second-order valence-corrected chi connectivity index (χ2v) is 6.93. The number of anilines is 2. The van der Waals surface area contributed by atoms with Crippen LogP contribution in [0.15, 0.2) is 78.9 Å². The molecule has 162 valence electrons. The first-order chi connectivity index (χ1) is 15.1. The lowest BCUT2D eigenvalue weighted by molar-refractivity contribution is -0.114. The van der Waals surface area contributed by atoms with Crippen LogP contribution in [0.25, 0.3) is 11.1 Å². The van der Waals surface area contributed by atoms with Crippen LogP contribution in [-0.2, 0) is 16.1 Å².